The molecule has 0 aromatic heterocycles. The maximum atomic E-state index is 6.17. The summed E-state index contributed by atoms with van der Waals surface area (Å²) in [5, 5.41) is 0. The average molecular weight is 699 g/mol. The average Bonchev–Trinajstić information content (AvgIpc) is 3.13. The lowest BCUT2D eigenvalue weighted by Crippen LogP contribution is -2.16. The van der Waals surface area contributed by atoms with E-state index < -0.39 is 0 Å². The van der Waals surface area contributed by atoms with Gasteiger partial charge in [0.1, 0.15) is 26.4 Å². The van der Waals surface area contributed by atoms with Crippen LogP contribution in [-0.2, 0) is 64.3 Å². The Hall–Kier alpha value is -3.46. The molecule has 12 heteroatoms. The molecule has 0 aliphatic carbocycles. The molecule has 0 fully saturated rings. The molecule has 274 valence electrons. The Labute approximate surface area is 294 Å². The van der Waals surface area contributed by atoms with Crippen molar-refractivity contribution in [1.82, 2.24) is 0 Å². The fraction of sp³-hybridized carbons (Fsp3) is 0.526. The van der Waals surface area contributed by atoms with E-state index in [0.29, 0.717) is 155 Å². The molecule has 3 aromatic carbocycles. The van der Waals surface area contributed by atoms with Gasteiger partial charge in [-0.1, -0.05) is 36.4 Å². The van der Waals surface area contributed by atoms with Gasteiger partial charge in [-0.3, -0.25) is 0 Å². The van der Waals surface area contributed by atoms with Crippen molar-refractivity contribution in [3.63, 3.8) is 0 Å². The molecule has 12 nitrogen and oxygen atoms in total. The van der Waals surface area contributed by atoms with Crippen LogP contribution in [-0.4, -0.2) is 106 Å². The van der Waals surface area contributed by atoms with Crippen LogP contribution in [0.5, 0.6) is 23.0 Å². The monoisotopic (exact) mass is 698 g/mol. The lowest BCUT2D eigenvalue weighted by Gasteiger charge is -2.15. The molecule has 0 unspecified atom stereocenters. The fourth-order valence-electron chi connectivity index (χ4n) is 5.07. The Morgan fingerprint density at radius 2 is 0.600 bits per heavy atom. The molecule has 0 spiro atoms. The van der Waals surface area contributed by atoms with Gasteiger partial charge in [-0.25, -0.2) is 0 Å². The Morgan fingerprint density at radius 3 is 0.960 bits per heavy atom. The molecule has 0 saturated carbocycles. The summed E-state index contributed by atoms with van der Waals surface area (Å²) in [5.74, 6) is 2.49. The van der Waals surface area contributed by atoms with E-state index in [1.54, 1.807) is 0 Å². The highest BCUT2D eigenvalue weighted by Crippen LogP contribution is 2.30. The van der Waals surface area contributed by atoms with Crippen molar-refractivity contribution in [1.29, 1.82) is 0 Å². The highest BCUT2D eigenvalue weighted by molar-refractivity contribution is 5.44. The third kappa shape index (κ3) is 14.0. The third-order valence-corrected chi connectivity index (χ3v) is 7.62. The molecule has 0 atom stereocenters. The number of benzene rings is 3. The summed E-state index contributed by atoms with van der Waals surface area (Å²) < 4.78 is 70.7. The van der Waals surface area contributed by atoms with Crippen LogP contribution in [0.25, 0.3) is 0 Å². The lowest BCUT2D eigenvalue weighted by atomic mass is 10.1. The number of hydrogen-bond donors (Lipinski definition) is 0. The Kier molecular flexibility index (Phi) is 17.5. The molecule has 0 amide bonds. The van der Waals surface area contributed by atoms with Gasteiger partial charge in [0.05, 0.1) is 106 Å². The van der Waals surface area contributed by atoms with E-state index in [9.17, 15) is 0 Å². The molecule has 3 aliphatic heterocycles. The second kappa shape index (κ2) is 23.1. The maximum absolute atomic E-state index is 6.17. The van der Waals surface area contributed by atoms with E-state index in [2.05, 4.69) is 12.1 Å². The number of hydrogen-bond acceptors (Lipinski definition) is 12. The van der Waals surface area contributed by atoms with Crippen LogP contribution in [0.15, 0.2) is 60.7 Å². The lowest BCUT2D eigenvalue weighted by molar-refractivity contribution is 0.00245. The summed E-state index contributed by atoms with van der Waals surface area (Å²) in [6, 6.07) is 19.8. The first kappa shape index (κ1) is 37.8. The molecule has 3 heterocycles. The topological polar surface area (TPSA) is 111 Å². The van der Waals surface area contributed by atoms with Crippen LogP contribution in [0, 0.1) is 0 Å². The summed E-state index contributed by atoms with van der Waals surface area (Å²) in [5.41, 5.74) is 4.04. The standard InChI is InChI=1S/C38H50O12/c1-2-4-34-30-46-28-32-6-8-36-38(26-32)50-24-20-44-16-12-40-11-15-43-19-23-49-37-25-31(27-45-29-33(34)3-1)5-7-35(37)47-21-17-41-13-9-39-10-14-42-18-22-48-36/h1-8,25-26H,9-24,27-30H2. The van der Waals surface area contributed by atoms with Crippen molar-refractivity contribution in [2.24, 2.45) is 0 Å². The second-order valence-electron chi connectivity index (χ2n) is 11.4. The Bertz CT molecular complexity index is 1270. The molecule has 3 aliphatic rings. The molecular weight excluding hydrogens is 648 g/mol. The van der Waals surface area contributed by atoms with E-state index in [-0.39, 0.29) is 0 Å². The first-order valence-electron chi connectivity index (χ1n) is 17.3. The number of fused-ring (bicyclic) bond motifs is 14. The molecule has 6 bridgehead atoms. The van der Waals surface area contributed by atoms with Gasteiger partial charge in [-0.2, -0.15) is 0 Å². The molecule has 3 aromatic rings. The van der Waals surface area contributed by atoms with Crippen molar-refractivity contribution < 1.29 is 56.8 Å². The van der Waals surface area contributed by atoms with Gasteiger partial charge in [-0.05, 0) is 46.5 Å². The van der Waals surface area contributed by atoms with E-state index in [1.807, 2.05) is 48.5 Å². The summed E-state index contributed by atoms with van der Waals surface area (Å²) in [6.45, 7) is 8.31. The van der Waals surface area contributed by atoms with Gasteiger partial charge in [0.2, 0.25) is 0 Å². The van der Waals surface area contributed by atoms with E-state index in [0.717, 1.165) is 22.3 Å². The minimum atomic E-state index is 0.351. The number of ether oxygens (including phenoxy) is 12. The molecule has 50 heavy (non-hydrogen) atoms. The zero-order valence-electron chi connectivity index (χ0n) is 28.8. The van der Waals surface area contributed by atoms with Crippen LogP contribution in [0.4, 0.5) is 0 Å². The fourth-order valence-corrected chi connectivity index (χ4v) is 5.07. The van der Waals surface area contributed by atoms with Crippen LogP contribution < -0.4 is 18.9 Å². The quantitative estimate of drug-likeness (QED) is 0.302. The maximum Gasteiger partial charge on any atom is 0.161 e. The summed E-state index contributed by atoms with van der Waals surface area (Å²) in [4.78, 5) is 0. The largest absolute Gasteiger partial charge is 0.487 e. The van der Waals surface area contributed by atoms with E-state index in [4.69, 9.17) is 56.8 Å². The van der Waals surface area contributed by atoms with Crippen LogP contribution in [0.1, 0.15) is 22.3 Å². The van der Waals surface area contributed by atoms with Crippen LogP contribution in [0.2, 0.25) is 0 Å². The predicted molar refractivity (Wildman–Crippen MR) is 183 cm³/mol. The van der Waals surface area contributed by atoms with Gasteiger partial charge >= 0.3 is 0 Å². The van der Waals surface area contributed by atoms with Crippen molar-refractivity contribution in [3.8, 4) is 23.0 Å². The van der Waals surface area contributed by atoms with Gasteiger partial charge in [0, 0.05) is 0 Å². The smallest absolute Gasteiger partial charge is 0.161 e. The van der Waals surface area contributed by atoms with E-state index >= 15 is 0 Å². The second-order valence-corrected chi connectivity index (χ2v) is 11.4. The van der Waals surface area contributed by atoms with Gasteiger partial charge in [0.25, 0.3) is 0 Å². The predicted octanol–water partition coefficient (Wildman–Crippen LogP) is 4.76. The highest BCUT2D eigenvalue weighted by Gasteiger charge is 2.11. The third-order valence-electron chi connectivity index (χ3n) is 7.62. The SMILES string of the molecule is c1ccc2c(c1)COCc1ccc3c(c1)OCCOCCOCCOCCOc1cc(ccc1OCCOCCOCCOCCO3)COC2. The Morgan fingerprint density at radius 1 is 0.280 bits per heavy atom. The number of rotatable bonds is 0. The molecule has 0 radical (unpaired) electrons. The molecule has 6 rings (SSSR count). The first-order chi connectivity index (χ1) is 24.8. The van der Waals surface area contributed by atoms with Gasteiger partial charge in [-0.15, -0.1) is 0 Å². The van der Waals surface area contributed by atoms with Crippen molar-refractivity contribution in [2.75, 3.05) is 106 Å². The highest BCUT2D eigenvalue weighted by atomic mass is 16.6. The zero-order valence-corrected chi connectivity index (χ0v) is 28.8. The van der Waals surface area contributed by atoms with Gasteiger partial charge < -0.3 is 56.8 Å². The molecular formula is C38H50O12. The molecule has 0 saturated heterocycles. The Balaban J connectivity index is 1.31. The summed E-state index contributed by atoms with van der Waals surface area (Å²) in [7, 11) is 0. The van der Waals surface area contributed by atoms with Crippen LogP contribution >= 0.6 is 0 Å². The van der Waals surface area contributed by atoms with Crippen molar-refractivity contribution in [2.45, 2.75) is 26.4 Å². The first-order valence-corrected chi connectivity index (χ1v) is 17.3. The van der Waals surface area contributed by atoms with Crippen LogP contribution in [0.3, 0.4) is 0 Å². The minimum Gasteiger partial charge on any atom is -0.487 e. The van der Waals surface area contributed by atoms with E-state index in [1.165, 1.54) is 0 Å². The normalized spacial score (nSPS) is 19.2. The summed E-state index contributed by atoms with van der Waals surface area (Å²) >= 11 is 0. The minimum absolute atomic E-state index is 0.351. The van der Waals surface area contributed by atoms with Crippen molar-refractivity contribution in [3.05, 3.63) is 82.9 Å². The molecule has 0 N–H and O–H groups in total. The summed E-state index contributed by atoms with van der Waals surface area (Å²) in [6.07, 6.45) is 0. The van der Waals surface area contributed by atoms with Gasteiger partial charge in [0.15, 0.2) is 23.0 Å². The zero-order chi connectivity index (χ0) is 34.3. The van der Waals surface area contributed by atoms with Crippen molar-refractivity contribution >= 4 is 0 Å².